The molecule has 0 fully saturated rings. The van der Waals surface area contributed by atoms with Gasteiger partial charge in [-0.3, -0.25) is 0 Å². The van der Waals surface area contributed by atoms with E-state index in [0.29, 0.717) is 26.4 Å². The number of rotatable bonds is 10. The van der Waals surface area contributed by atoms with E-state index in [9.17, 15) is 4.79 Å². The van der Waals surface area contributed by atoms with Gasteiger partial charge in [-0.15, -0.1) is 0 Å². The fourth-order valence-electron chi connectivity index (χ4n) is 1.09. The van der Waals surface area contributed by atoms with Crippen LogP contribution in [0.3, 0.4) is 0 Å². The predicted molar refractivity (Wildman–Crippen MR) is 61.6 cm³/mol. The van der Waals surface area contributed by atoms with Gasteiger partial charge < -0.3 is 19.9 Å². The van der Waals surface area contributed by atoms with E-state index in [1.54, 1.807) is 14.0 Å². The Labute approximate surface area is 96.4 Å². The summed E-state index contributed by atoms with van der Waals surface area (Å²) in [5.41, 5.74) is 0.813. The fourth-order valence-corrected chi connectivity index (χ4v) is 1.09. The Hall–Kier alpha value is -0.910. The van der Waals surface area contributed by atoms with E-state index in [4.69, 9.17) is 14.6 Å². The van der Waals surface area contributed by atoms with Gasteiger partial charge in [-0.25, -0.2) is 4.79 Å². The van der Waals surface area contributed by atoms with Crippen molar-refractivity contribution in [2.24, 2.45) is 0 Å². The number of hydrogen-bond acceptors (Lipinski definition) is 4. The van der Waals surface area contributed by atoms with E-state index < -0.39 is 5.97 Å². The summed E-state index contributed by atoms with van der Waals surface area (Å²) >= 11 is 0. The van der Waals surface area contributed by atoms with Crippen molar-refractivity contribution in [1.29, 1.82) is 0 Å². The number of nitrogens with one attached hydrogen (secondary N) is 1. The van der Waals surface area contributed by atoms with Crippen LogP contribution < -0.4 is 5.32 Å². The molecule has 0 atom stereocenters. The molecule has 0 aromatic heterocycles. The van der Waals surface area contributed by atoms with Crippen molar-refractivity contribution in [1.82, 2.24) is 5.32 Å². The molecule has 0 aliphatic heterocycles. The van der Waals surface area contributed by atoms with Crippen LogP contribution in [0.1, 0.15) is 13.3 Å². The molecule has 0 spiro atoms. The molecule has 0 aliphatic rings. The summed E-state index contributed by atoms with van der Waals surface area (Å²) in [5, 5.41) is 11.6. The zero-order valence-electron chi connectivity index (χ0n) is 9.99. The Morgan fingerprint density at radius 3 is 2.75 bits per heavy atom. The van der Waals surface area contributed by atoms with Crippen LogP contribution in [0.4, 0.5) is 0 Å². The van der Waals surface area contributed by atoms with E-state index in [1.807, 2.05) is 0 Å². The third kappa shape index (κ3) is 11.2. The minimum atomic E-state index is -0.901. The summed E-state index contributed by atoms with van der Waals surface area (Å²) in [7, 11) is 1.64. The van der Waals surface area contributed by atoms with Crippen LogP contribution in [0, 0.1) is 0 Å². The van der Waals surface area contributed by atoms with E-state index in [1.165, 1.54) is 6.08 Å². The zero-order valence-corrected chi connectivity index (χ0v) is 9.99. The minimum absolute atomic E-state index is 0.602. The standard InChI is InChI=1S/C11H21NO4/c1-10(8-11(13)14)9-12-4-3-5-16-7-6-15-2/h8,12H,3-7,9H2,1-2H3,(H,13,14). The molecule has 0 saturated heterocycles. The highest BCUT2D eigenvalue weighted by Gasteiger charge is 1.94. The molecule has 5 heteroatoms. The Morgan fingerprint density at radius 2 is 2.12 bits per heavy atom. The van der Waals surface area contributed by atoms with Crippen molar-refractivity contribution in [2.45, 2.75) is 13.3 Å². The lowest BCUT2D eigenvalue weighted by molar-refractivity contribution is -0.131. The summed E-state index contributed by atoms with van der Waals surface area (Å²) in [6, 6.07) is 0. The van der Waals surface area contributed by atoms with Crippen molar-refractivity contribution in [2.75, 3.05) is 40.0 Å². The maximum absolute atomic E-state index is 10.3. The van der Waals surface area contributed by atoms with Gasteiger partial charge in [-0.1, -0.05) is 5.57 Å². The monoisotopic (exact) mass is 231 g/mol. The van der Waals surface area contributed by atoms with Gasteiger partial charge in [-0.05, 0) is 19.9 Å². The molecule has 0 radical (unpaired) electrons. The molecule has 0 unspecified atom stereocenters. The van der Waals surface area contributed by atoms with E-state index in [-0.39, 0.29) is 0 Å². The number of ether oxygens (including phenoxy) is 2. The molecular weight excluding hydrogens is 210 g/mol. The largest absolute Gasteiger partial charge is 0.478 e. The van der Waals surface area contributed by atoms with Gasteiger partial charge in [0.15, 0.2) is 0 Å². The first-order valence-corrected chi connectivity index (χ1v) is 5.34. The second kappa shape index (κ2) is 10.6. The zero-order chi connectivity index (χ0) is 12.2. The molecule has 0 bridgehead atoms. The Balaban J connectivity index is 3.24. The lowest BCUT2D eigenvalue weighted by Crippen LogP contribution is -2.19. The molecule has 16 heavy (non-hydrogen) atoms. The van der Waals surface area contributed by atoms with Crippen molar-refractivity contribution >= 4 is 5.97 Å². The van der Waals surface area contributed by atoms with Crippen LogP contribution in [-0.4, -0.2) is 51.1 Å². The minimum Gasteiger partial charge on any atom is -0.478 e. The molecular formula is C11H21NO4. The van der Waals surface area contributed by atoms with Crippen LogP contribution in [0.5, 0.6) is 0 Å². The average Bonchev–Trinajstić information content (AvgIpc) is 2.21. The van der Waals surface area contributed by atoms with Crippen LogP contribution in [0.15, 0.2) is 11.6 Å². The van der Waals surface area contributed by atoms with Crippen LogP contribution >= 0.6 is 0 Å². The van der Waals surface area contributed by atoms with Gasteiger partial charge in [0, 0.05) is 26.3 Å². The molecule has 0 rings (SSSR count). The van der Waals surface area contributed by atoms with Crippen molar-refractivity contribution < 1.29 is 19.4 Å². The molecule has 0 aromatic rings. The summed E-state index contributed by atoms with van der Waals surface area (Å²) in [6.45, 7) is 5.14. The number of aliphatic carboxylic acids is 1. The summed E-state index contributed by atoms with van der Waals surface area (Å²) < 4.78 is 10.1. The van der Waals surface area contributed by atoms with Crippen molar-refractivity contribution in [3.05, 3.63) is 11.6 Å². The first-order valence-electron chi connectivity index (χ1n) is 5.34. The van der Waals surface area contributed by atoms with Crippen LogP contribution in [-0.2, 0) is 14.3 Å². The van der Waals surface area contributed by atoms with Crippen LogP contribution in [0.25, 0.3) is 0 Å². The van der Waals surface area contributed by atoms with E-state index in [2.05, 4.69) is 5.32 Å². The van der Waals surface area contributed by atoms with Gasteiger partial charge in [0.2, 0.25) is 0 Å². The van der Waals surface area contributed by atoms with Gasteiger partial charge in [0.05, 0.1) is 13.2 Å². The molecule has 0 aliphatic carbocycles. The molecule has 2 N–H and O–H groups in total. The number of carboxylic acids is 1. The van der Waals surface area contributed by atoms with Crippen molar-refractivity contribution in [3.8, 4) is 0 Å². The maximum Gasteiger partial charge on any atom is 0.328 e. The quantitative estimate of drug-likeness (QED) is 0.427. The van der Waals surface area contributed by atoms with Gasteiger partial charge in [0.1, 0.15) is 0 Å². The third-order valence-corrected chi connectivity index (χ3v) is 1.85. The smallest absolute Gasteiger partial charge is 0.328 e. The Morgan fingerprint density at radius 1 is 1.38 bits per heavy atom. The Kier molecular flexibility index (Phi) is 10.00. The van der Waals surface area contributed by atoms with E-state index in [0.717, 1.165) is 18.5 Å². The van der Waals surface area contributed by atoms with Gasteiger partial charge in [-0.2, -0.15) is 0 Å². The number of carbonyl (C=O) groups is 1. The molecule has 0 heterocycles. The maximum atomic E-state index is 10.3. The number of hydrogen-bond donors (Lipinski definition) is 2. The highest BCUT2D eigenvalue weighted by atomic mass is 16.5. The van der Waals surface area contributed by atoms with Gasteiger partial charge >= 0.3 is 5.97 Å². The highest BCUT2D eigenvalue weighted by molar-refractivity contribution is 5.80. The second-order valence-corrected chi connectivity index (χ2v) is 3.46. The predicted octanol–water partition coefficient (Wildman–Crippen LogP) is 0.660. The molecule has 94 valence electrons. The van der Waals surface area contributed by atoms with Crippen molar-refractivity contribution in [3.63, 3.8) is 0 Å². The molecule has 0 amide bonds. The lowest BCUT2D eigenvalue weighted by Gasteiger charge is -2.05. The third-order valence-electron chi connectivity index (χ3n) is 1.85. The summed E-state index contributed by atoms with van der Waals surface area (Å²) in [4.78, 5) is 10.3. The summed E-state index contributed by atoms with van der Waals surface area (Å²) in [5.74, 6) is -0.901. The summed E-state index contributed by atoms with van der Waals surface area (Å²) in [6.07, 6.45) is 2.12. The first kappa shape index (κ1) is 15.1. The molecule has 0 aromatic carbocycles. The molecule has 0 saturated carbocycles. The van der Waals surface area contributed by atoms with Gasteiger partial charge in [0.25, 0.3) is 0 Å². The Bertz CT molecular complexity index is 216. The topological polar surface area (TPSA) is 67.8 Å². The number of methoxy groups -OCH3 is 1. The SMILES string of the molecule is COCCOCCCNCC(C)=CC(=O)O. The highest BCUT2D eigenvalue weighted by Crippen LogP contribution is 1.89. The molecule has 5 nitrogen and oxygen atoms in total. The average molecular weight is 231 g/mol. The normalized spacial score (nSPS) is 11.8. The lowest BCUT2D eigenvalue weighted by atomic mass is 10.3. The number of carboxylic acid groups (broad SMARTS) is 1. The van der Waals surface area contributed by atoms with E-state index >= 15 is 0 Å². The second-order valence-electron chi connectivity index (χ2n) is 3.46. The van der Waals surface area contributed by atoms with Crippen LogP contribution in [0.2, 0.25) is 0 Å². The fraction of sp³-hybridized carbons (Fsp3) is 0.727. The first-order chi connectivity index (χ1) is 7.66.